The van der Waals surface area contributed by atoms with Gasteiger partial charge in [0.25, 0.3) is 5.91 Å². The minimum Gasteiger partial charge on any atom is -0.481 e. The number of nitrogens with two attached hydrogens (primary N) is 1. The zero-order valence-electron chi connectivity index (χ0n) is 7.40. The summed E-state index contributed by atoms with van der Waals surface area (Å²) in [6.45, 7) is 0. The lowest BCUT2D eigenvalue weighted by molar-refractivity contribution is -0.136. The number of carboxylic acid groups (broad SMARTS) is 1. The van der Waals surface area contributed by atoms with Crippen LogP contribution in [0.15, 0.2) is 0 Å². The van der Waals surface area contributed by atoms with E-state index in [9.17, 15) is 9.59 Å². The summed E-state index contributed by atoms with van der Waals surface area (Å²) >= 11 is 1.02. The summed E-state index contributed by atoms with van der Waals surface area (Å²) in [4.78, 5) is 21.4. The summed E-state index contributed by atoms with van der Waals surface area (Å²) in [6.07, 6.45) is -0.295. The van der Waals surface area contributed by atoms with Crippen molar-refractivity contribution in [2.45, 2.75) is 6.42 Å². The third kappa shape index (κ3) is 1.99. The quantitative estimate of drug-likeness (QED) is 0.651. The molecule has 7 heteroatoms. The van der Waals surface area contributed by atoms with E-state index in [1.165, 1.54) is 0 Å². The molecular formula is C7H9N3O3S. The van der Waals surface area contributed by atoms with Crippen LogP contribution in [0.25, 0.3) is 0 Å². The first-order valence-electron chi connectivity index (χ1n) is 3.74. The number of carboxylic acids is 1. The van der Waals surface area contributed by atoms with E-state index >= 15 is 0 Å². The molecule has 1 aromatic rings. The van der Waals surface area contributed by atoms with Crippen LogP contribution in [0.2, 0.25) is 0 Å². The molecule has 4 N–H and O–H groups in total. The Bertz CT molecular complexity index is 374. The molecule has 0 aromatic carbocycles. The van der Waals surface area contributed by atoms with Crippen molar-refractivity contribution in [2.24, 2.45) is 5.73 Å². The van der Waals surface area contributed by atoms with Crippen LogP contribution >= 0.6 is 11.5 Å². The summed E-state index contributed by atoms with van der Waals surface area (Å²) in [6, 6.07) is 0. The molecule has 76 valence electrons. The number of aliphatic carboxylic acids is 1. The van der Waals surface area contributed by atoms with Crippen LogP contribution in [-0.2, 0) is 11.2 Å². The number of nitrogens with zero attached hydrogens (tertiary/aromatic N) is 1. The van der Waals surface area contributed by atoms with Crippen LogP contribution < -0.4 is 11.1 Å². The first-order valence-corrected chi connectivity index (χ1v) is 4.51. The van der Waals surface area contributed by atoms with Crippen LogP contribution in [0.4, 0.5) is 5.00 Å². The molecule has 6 nitrogen and oxygen atoms in total. The normalized spacial score (nSPS) is 9.79. The fraction of sp³-hybridized carbons (Fsp3) is 0.286. The molecule has 0 radical (unpaired) electrons. The van der Waals surface area contributed by atoms with Crippen LogP contribution in [0.5, 0.6) is 0 Å². The maximum absolute atomic E-state index is 11.0. The zero-order chi connectivity index (χ0) is 10.7. The first kappa shape index (κ1) is 10.5. The molecule has 0 spiro atoms. The number of hydrogen-bond acceptors (Lipinski definition) is 5. The average molecular weight is 215 g/mol. The first-order chi connectivity index (χ1) is 6.56. The number of carbonyl (C=O) groups is 2. The van der Waals surface area contributed by atoms with Crippen LogP contribution in [0.1, 0.15) is 16.1 Å². The van der Waals surface area contributed by atoms with E-state index in [0.29, 0.717) is 5.00 Å². The molecule has 1 amide bonds. The Morgan fingerprint density at radius 2 is 2.29 bits per heavy atom. The van der Waals surface area contributed by atoms with Gasteiger partial charge in [-0.15, -0.1) is 0 Å². The van der Waals surface area contributed by atoms with Gasteiger partial charge in [0.15, 0.2) is 0 Å². The van der Waals surface area contributed by atoms with Gasteiger partial charge in [0.2, 0.25) is 0 Å². The van der Waals surface area contributed by atoms with E-state index in [2.05, 4.69) is 9.69 Å². The molecule has 0 unspecified atom stereocenters. The molecule has 1 rings (SSSR count). The number of nitrogens with one attached hydrogen (secondary N) is 1. The highest BCUT2D eigenvalue weighted by molar-refractivity contribution is 7.10. The maximum Gasteiger partial charge on any atom is 0.309 e. The standard InChI is InChI=1S/C7H9N3O3S/c1-9-7-5(6(8)13)3(10-14-7)2-4(11)12/h9H,2H2,1H3,(H2,8,13)(H,11,12). The van der Waals surface area contributed by atoms with E-state index < -0.39 is 11.9 Å². The van der Waals surface area contributed by atoms with Crippen molar-refractivity contribution < 1.29 is 14.7 Å². The van der Waals surface area contributed by atoms with Gasteiger partial charge in [0.05, 0.1) is 17.7 Å². The highest BCUT2D eigenvalue weighted by Gasteiger charge is 2.19. The minimum absolute atomic E-state index is 0.167. The van der Waals surface area contributed by atoms with Gasteiger partial charge in [0, 0.05) is 7.05 Å². The molecule has 0 aliphatic carbocycles. The number of rotatable bonds is 4. The van der Waals surface area contributed by atoms with Crippen LogP contribution in [0.3, 0.4) is 0 Å². The second kappa shape index (κ2) is 4.05. The number of anilines is 1. The summed E-state index contributed by atoms with van der Waals surface area (Å²) in [5.74, 6) is -1.71. The number of aromatic nitrogens is 1. The smallest absolute Gasteiger partial charge is 0.309 e. The number of carbonyl (C=O) groups excluding carboxylic acids is 1. The summed E-state index contributed by atoms with van der Waals surface area (Å²) < 4.78 is 3.85. The van der Waals surface area contributed by atoms with E-state index in [4.69, 9.17) is 10.8 Å². The Labute approximate surface area is 83.9 Å². The van der Waals surface area contributed by atoms with Crippen molar-refractivity contribution in [3.8, 4) is 0 Å². The van der Waals surface area contributed by atoms with Crippen molar-refractivity contribution in [3.05, 3.63) is 11.3 Å². The molecule has 1 aromatic heterocycles. The molecule has 0 atom stereocenters. The van der Waals surface area contributed by atoms with Gasteiger partial charge >= 0.3 is 5.97 Å². The van der Waals surface area contributed by atoms with E-state index in [0.717, 1.165) is 11.5 Å². The lowest BCUT2D eigenvalue weighted by Crippen LogP contribution is -2.15. The molecule has 1 heterocycles. The third-order valence-electron chi connectivity index (χ3n) is 1.55. The van der Waals surface area contributed by atoms with E-state index in [-0.39, 0.29) is 17.7 Å². The van der Waals surface area contributed by atoms with Gasteiger partial charge < -0.3 is 16.2 Å². The lowest BCUT2D eigenvalue weighted by atomic mass is 10.2. The third-order valence-corrected chi connectivity index (χ3v) is 2.46. The fourth-order valence-electron chi connectivity index (χ4n) is 1.01. The molecular weight excluding hydrogens is 206 g/mol. The molecule has 0 aliphatic rings. The van der Waals surface area contributed by atoms with Crippen molar-refractivity contribution in [1.29, 1.82) is 0 Å². The maximum atomic E-state index is 11.0. The van der Waals surface area contributed by atoms with Crippen LogP contribution in [-0.4, -0.2) is 28.4 Å². The second-order valence-corrected chi connectivity index (χ2v) is 3.29. The Balaban J connectivity index is 3.10. The number of primary amides is 1. The van der Waals surface area contributed by atoms with Gasteiger partial charge in [-0.1, -0.05) is 0 Å². The molecule has 14 heavy (non-hydrogen) atoms. The molecule has 0 aliphatic heterocycles. The SMILES string of the molecule is CNc1snc(CC(=O)O)c1C(N)=O. The van der Waals surface area contributed by atoms with Crippen molar-refractivity contribution in [3.63, 3.8) is 0 Å². The summed E-state index contributed by atoms with van der Waals surface area (Å²) in [5.41, 5.74) is 5.48. The molecule has 0 fully saturated rings. The Morgan fingerprint density at radius 3 is 2.71 bits per heavy atom. The van der Waals surface area contributed by atoms with Gasteiger partial charge in [-0.3, -0.25) is 9.59 Å². The van der Waals surface area contributed by atoms with E-state index in [1.807, 2.05) is 0 Å². The number of amides is 1. The van der Waals surface area contributed by atoms with Crippen molar-refractivity contribution in [1.82, 2.24) is 4.37 Å². The van der Waals surface area contributed by atoms with Crippen LogP contribution in [0, 0.1) is 0 Å². The zero-order valence-corrected chi connectivity index (χ0v) is 8.22. The predicted octanol–water partition coefficient (Wildman–Crippen LogP) is -0.0892. The second-order valence-electron chi connectivity index (χ2n) is 2.52. The molecule has 0 bridgehead atoms. The fourth-order valence-corrected chi connectivity index (χ4v) is 1.77. The Hall–Kier alpha value is -1.63. The van der Waals surface area contributed by atoms with Gasteiger partial charge in [-0.05, 0) is 11.5 Å². The highest BCUT2D eigenvalue weighted by Crippen LogP contribution is 2.24. The number of hydrogen-bond donors (Lipinski definition) is 3. The average Bonchev–Trinajstić information content (AvgIpc) is 2.46. The highest BCUT2D eigenvalue weighted by atomic mass is 32.1. The van der Waals surface area contributed by atoms with Gasteiger partial charge in [0.1, 0.15) is 5.00 Å². The Kier molecular flexibility index (Phi) is 3.03. The summed E-state index contributed by atoms with van der Waals surface area (Å²) in [7, 11) is 1.62. The molecule has 0 saturated carbocycles. The van der Waals surface area contributed by atoms with Crippen molar-refractivity contribution >= 4 is 28.4 Å². The van der Waals surface area contributed by atoms with Crippen molar-refractivity contribution in [2.75, 3.05) is 12.4 Å². The molecule has 0 saturated heterocycles. The summed E-state index contributed by atoms with van der Waals surface area (Å²) in [5, 5.41) is 11.8. The van der Waals surface area contributed by atoms with Gasteiger partial charge in [-0.25, -0.2) is 0 Å². The topological polar surface area (TPSA) is 105 Å². The minimum atomic E-state index is -1.04. The largest absolute Gasteiger partial charge is 0.481 e. The lowest BCUT2D eigenvalue weighted by Gasteiger charge is -1.98. The van der Waals surface area contributed by atoms with Gasteiger partial charge in [-0.2, -0.15) is 4.37 Å². The Morgan fingerprint density at radius 1 is 1.64 bits per heavy atom. The monoisotopic (exact) mass is 215 g/mol. The predicted molar refractivity (Wildman–Crippen MR) is 51.5 cm³/mol. The van der Waals surface area contributed by atoms with E-state index in [1.54, 1.807) is 7.05 Å².